The van der Waals surface area contributed by atoms with Gasteiger partial charge in [-0.05, 0) is 26.0 Å². The Labute approximate surface area is 87.7 Å². The van der Waals surface area contributed by atoms with Gasteiger partial charge in [0.15, 0.2) is 0 Å². The third-order valence-corrected chi connectivity index (χ3v) is 2.53. The van der Waals surface area contributed by atoms with Crippen LogP contribution in [-0.4, -0.2) is 10.9 Å². The number of hydrogen-bond donors (Lipinski definition) is 0. The van der Waals surface area contributed by atoms with Crippen molar-refractivity contribution in [3.05, 3.63) is 29.8 Å². The van der Waals surface area contributed by atoms with E-state index in [1.54, 1.807) is 0 Å². The smallest absolute Gasteiger partial charge is 0.201 e. The first-order valence-corrected chi connectivity index (χ1v) is 5.16. The third kappa shape index (κ3) is 3.75. The zero-order valence-corrected chi connectivity index (χ0v) is 9.06. The van der Waals surface area contributed by atoms with E-state index in [4.69, 9.17) is 0 Å². The maximum Gasteiger partial charge on any atom is 0.201 e. The number of rotatable bonds is 3. The highest BCUT2D eigenvalue weighted by molar-refractivity contribution is 8.13. The molecule has 0 aromatic heterocycles. The fourth-order valence-corrected chi connectivity index (χ4v) is 1.79. The van der Waals surface area contributed by atoms with Gasteiger partial charge < -0.3 is 0 Å². The molecule has 0 aliphatic rings. The Kier molecular flexibility index (Phi) is 3.89. The lowest BCUT2D eigenvalue weighted by molar-refractivity contribution is -0.121. The normalized spacial score (nSPS) is 9.86. The van der Waals surface area contributed by atoms with Gasteiger partial charge in [0.25, 0.3) is 0 Å². The first-order valence-electron chi connectivity index (χ1n) is 4.34. The summed E-state index contributed by atoms with van der Waals surface area (Å²) >= 11 is 1.12. The van der Waals surface area contributed by atoms with Gasteiger partial charge >= 0.3 is 0 Å². The molecule has 0 spiro atoms. The number of benzene rings is 1. The number of hydrogen-bond acceptors (Lipinski definition) is 3. The lowest BCUT2D eigenvalue weighted by Crippen LogP contribution is -1.99. The van der Waals surface area contributed by atoms with Crippen molar-refractivity contribution in [2.45, 2.75) is 25.2 Å². The molecule has 1 rings (SSSR count). The van der Waals surface area contributed by atoms with Crippen LogP contribution in [0.25, 0.3) is 0 Å². The minimum absolute atomic E-state index is 0.0124. The lowest BCUT2D eigenvalue weighted by Gasteiger charge is -1.99. The van der Waals surface area contributed by atoms with Gasteiger partial charge in [-0.15, -0.1) is 0 Å². The topological polar surface area (TPSA) is 34.1 Å². The number of ketones is 1. The Morgan fingerprint density at radius 2 is 1.79 bits per heavy atom. The molecule has 1 aromatic rings. The van der Waals surface area contributed by atoms with E-state index in [9.17, 15) is 9.59 Å². The van der Waals surface area contributed by atoms with E-state index in [-0.39, 0.29) is 17.3 Å². The van der Waals surface area contributed by atoms with Crippen molar-refractivity contribution in [3.63, 3.8) is 0 Å². The fourth-order valence-electron chi connectivity index (χ4n) is 0.977. The first-order chi connectivity index (χ1) is 6.58. The van der Waals surface area contributed by atoms with E-state index < -0.39 is 0 Å². The Balaban J connectivity index is 2.56. The first kappa shape index (κ1) is 11.0. The molecule has 0 radical (unpaired) electrons. The molecule has 0 heterocycles. The number of thioether (sulfide) groups is 1. The average Bonchev–Trinajstić information content (AvgIpc) is 2.07. The van der Waals surface area contributed by atoms with Crippen molar-refractivity contribution >= 4 is 22.7 Å². The summed E-state index contributed by atoms with van der Waals surface area (Å²) in [6.45, 7) is 3.42. The summed E-state index contributed by atoms with van der Waals surface area (Å²) in [5.74, 6) is -0.0883. The minimum Gasteiger partial charge on any atom is -0.300 e. The molecule has 1 aromatic carbocycles. The molecular weight excluding hydrogens is 196 g/mol. The maximum absolute atomic E-state index is 11.2. The molecule has 0 saturated heterocycles. The second-order valence-electron chi connectivity index (χ2n) is 3.17. The molecule has 0 fully saturated rings. The molecule has 0 N–H and O–H groups in total. The van der Waals surface area contributed by atoms with Crippen molar-refractivity contribution in [3.8, 4) is 0 Å². The molecule has 0 aliphatic carbocycles. The second-order valence-corrected chi connectivity index (χ2v) is 4.30. The minimum atomic E-state index is -0.0960. The molecule has 14 heavy (non-hydrogen) atoms. The van der Waals surface area contributed by atoms with E-state index in [0.717, 1.165) is 22.2 Å². The summed E-state index contributed by atoms with van der Waals surface area (Å²) in [5, 5.41) is -0.0960. The average molecular weight is 208 g/mol. The van der Waals surface area contributed by atoms with Crippen LogP contribution in [0.4, 0.5) is 0 Å². The summed E-state index contributed by atoms with van der Waals surface area (Å²) in [7, 11) is 0. The molecule has 0 aliphatic heterocycles. The molecule has 2 nitrogen and oxygen atoms in total. The molecular formula is C11H12O2S. The van der Waals surface area contributed by atoms with Crippen molar-refractivity contribution in [2.75, 3.05) is 0 Å². The SMILES string of the molecule is CC(=O)CC(=O)Sc1ccc(C)cc1. The van der Waals surface area contributed by atoms with Crippen LogP contribution in [0.2, 0.25) is 0 Å². The van der Waals surface area contributed by atoms with E-state index in [1.165, 1.54) is 6.92 Å². The highest BCUT2D eigenvalue weighted by Crippen LogP contribution is 2.20. The third-order valence-electron chi connectivity index (χ3n) is 1.65. The predicted octanol–water partition coefficient (Wildman–Crippen LogP) is 2.59. The van der Waals surface area contributed by atoms with Crippen LogP contribution in [0.5, 0.6) is 0 Å². The van der Waals surface area contributed by atoms with Gasteiger partial charge in [-0.1, -0.05) is 29.5 Å². The second kappa shape index (κ2) is 4.96. The van der Waals surface area contributed by atoms with Crippen molar-refractivity contribution in [2.24, 2.45) is 0 Å². The standard InChI is InChI=1S/C11H12O2S/c1-8-3-5-10(6-4-8)14-11(13)7-9(2)12/h3-6H,7H2,1-2H3. The van der Waals surface area contributed by atoms with E-state index in [0.29, 0.717) is 0 Å². The Bertz CT molecular complexity index is 341. The highest BCUT2D eigenvalue weighted by Gasteiger charge is 2.06. The van der Waals surface area contributed by atoms with Gasteiger partial charge in [0.05, 0.1) is 6.42 Å². The summed E-state index contributed by atoms with van der Waals surface area (Å²) < 4.78 is 0. The quantitative estimate of drug-likeness (QED) is 0.565. The van der Waals surface area contributed by atoms with Crippen LogP contribution in [0, 0.1) is 6.92 Å². The predicted molar refractivity (Wildman–Crippen MR) is 57.3 cm³/mol. The van der Waals surface area contributed by atoms with Crippen molar-refractivity contribution < 1.29 is 9.59 Å². The molecule has 0 saturated carbocycles. The number of aryl methyl sites for hydroxylation is 1. The van der Waals surface area contributed by atoms with Crippen molar-refractivity contribution in [1.82, 2.24) is 0 Å². The Hall–Kier alpha value is -1.09. The number of carbonyl (C=O) groups is 2. The summed E-state index contributed by atoms with van der Waals surface area (Å²) in [6, 6.07) is 7.67. The summed E-state index contributed by atoms with van der Waals surface area (Å²) in [4.78, 5) is 22.8. The molecule has 0 unspecified atom stereocenters. The zero-order chi connectivity index (χ0) is 10.6. The van der Waals surface area contributed by atoms with Gasteiger partial charge in [0, 0.05) is 4.90 Å². The number of Topliss-reactive ketones (excluding diaryl/α,β-unsaturated/α-hetero) is 1. The van der Waals surface area contributed by atoms with Gasteiger partial charge in [-0.2, -0.15) is 0 Å². The molecule has 3 heteroatoms. The van der Waals surface area contributed by atoms with E-state index in [1.807, 2.05) is 31.2 Å². The summed E-state index contributed by atoms with van der Waals surface area (Å²) in [6.07, 6.45) is 0.0124. The maximum atomic E-state index is 11.2. The Morgan fingerprint density at radius 3 is 2.29 bits per heavy atom. The number of carbonyl (C=O) groups excluding carboxylic acids is 2. The van der Waals surface area contributed by atoms with Gasteiger partial charge in [0.1, 0.15) is 5.78 Å². The van der Waals surface area contributed by atoms with Crippen LogP contribution in [0.15, 0.2) is 29.2 Å². The largest absolute Gasteiger partial charge is 0.300 e. The van der Waals surface area contributed by atoms with Gasteiger partial charge in [-0.3, -0.25) is 9.59 Å². The molecule has 0 atom stereocenters. The molecule has 0 amide bonds. The van der Waals surface area contributed by atoms with E-state index in [2.05, 4.69) is 0 Å². The molecule has 0 bridgehead atoms. The van der Waals surface area contributed by atoms with Gasteiger partial charge in [0.2, 0.25) is 5.12 Å². The molecule has 74 valence electrons. The van der Waals surface area contributed by atoms with Crippen molar-refractivity contribution in [1.29, 1.82) is 0 Å². The zero-order valence-electron chi connectivity index (χ0n) is 8.24. The van der Waals surface area contributed by atoms with Crippen LogP contribution in [0.1, 0.15) is 18.9 Å². The summed E-state index contributed by atoms with van der Waals surface area (Å²) in [5.41, 5.74) is 1.16. The monoisotopic (exact) mass is 208 g/mol. The van der Waals surface area contributed by atoms with E-state index >= 15 is 0 Å². The Morgan fingerprint density at radius 1 is 1.21 bits per heavy atom. The van der Waals surface area contributed by atoms with Crippen LogP contribution < -0.4 is 0 Å². The van der Waals surface area contributed by atoms with Crippen LogP contribution >= 0.6 is 11.8 Å². The fraction of sp³-hybridized carbons (Fsp3) is 0.273. The van der Waals surface area contributed by atoms with Crippen LogP contribution in [0.3, 0.4) is 0 Å². The lowest BCUT2D eigenvalue weighted by atomic mass is 10.2. The highest BCUT2D eigenvalue weighted by atomic mass is 32.2. The van der Waals surface area contributed by atoms with Gasteiger partial charge in [-0.25, -0.2) is 0 Å². The van der Waals surface area contributed by atoms with Crippen LogP contribution in [-0.2, 0) is 9.59 Å².